The Labute approximate surface area is 87.0 Å². The summed E-state index contributed by atoms with van der Waals surface area (Å²) in [4.78, 5) is 6.73. The summed E-state index contributed by atoms with van der Waals surface area (Å²) >= 11 is 0. The van der Waals surface area contributed by atoms with Crippen LogP contribution in [0, 0.1) is 0 Å². The van der Waals surface area contributed by atoms with Gasteiger partial charge in [-0.3, -0.25) is 0 Å². The van der Waals surface area contributed by atoms with Crippen molar-refractivity contribution in [2.45, 2.75) is 0 Å². The van der Waals surface area contributed by atoms with E-state index in [2.05, 4.69) is 9.97 Å². The van der Waals surface area contributed by atoms with Crippen LogP contribution < -0.4 is 5.73 Å². The minimum atomic E-state index is 0. The summed E-state index contributed by atoms with van der Waals surface area (Å²) in [5.41, 5.74) is 7.35. The molecule has 0 saturated carbocycles. The number of nitrogens with two attached hydrogens (primary N) is 1. The molecule has 1 aromatic heterocycles. The average molecular weight is 222 g/mol. The number of nitrogen functional groups attached to an aromatic ring is 1. The molecule has 13 heavy (non-hydrogen) atoms. The van der Waals surface area contributed by atoms with E-state index in [-0.39, 0.29) is 30.6 Å². The maximum absolute atomic E-state index is 9.26. The van der Waals surface area contributed by atoms with E-state index in [1.807, 2.05) is 0 Å². The number of benzene rings is 1. The van der Waals surface area contributed by atoms with Crippen molar-refractivity contribution in [1.29, 1.82) is 0 Å². The second kappa shape index (κ2) is 4.20. The zero-order chi connectivity index (χ0) is 7.84. The Balaban J connectivity index is 0.000000720. The SMILES string of the molecule is Cl.Cl.Nc1ccc(O)c2[nH]cnc12. The van der Waals surface area contributed by atoms with Gasteiger partial charge in [0.2, 0.25) is 0 Å². The highest BCUT2D eigenvalue weighted by Gasteiger charge is 2.03. The largest absolute Gasteiger partial charge is 0.506 e. The Morgan fingerprint density at radius 3 is 2.62 bits per heavy atom. The van der Waals surface area contributed by atoms with Gasteiger partial charge in [-0.1, -0.05) is 0 Å². The summed E-state index contributed by atoms with van der Waals surface area (Å²) in [6.07, 6.45) is 1.50. The van der Waals surface area contributed by atoms with Crippen molar-refractivity contribution in [3.05, 3.63) is 18.5 Å². The smallest absolute Gasteiger partial charge is 0.141 e. The van der Waals surface area contributed by atoms with Gasteiger partial charge in [0.1, 0.15) is 16.8 Å². The zero-order valence-corrected chi connectivity index (χ0v) is 8.15. The minimum absolute atomic E-state index is 0. The first-order valence-electron chi connectivity index (χ1n) is 3.19. The molecular formula is C7H9Cl2N3O. The number of nitrogens with zero attached hydrogens (tertiary/aromatic N) is 1. The van der Waals surface area contributed by atoms with E-state index in [1.54, 1.807) is 6.07 Å². The lowest BCUT2D eigenvalue weighted by Crippen LogP contribution is -1.85. The maximum atomic E-state index is 9.26. The monoisotopic (exact) mass is 221 g/mol. The minimum Gasteiger partial charge on any atom is -0.506 e. The number of aromatic nitrogens is 2. The molecule has 0 aliphatic heterocycles. The lowest BCUT2D eigenvalue weighted by Gasteiger charge is -1.95. The number of hydrogen-bond acceptors (Lipinski definition) is 3. The molecule has 1 heterocycles. The van der Waals surface area contributed by atoms with Gasteiger partial charge < -0.3 is 15.8 Å². The van der Waals surface area contributed by atoms with E-state index in [0.29, 0.717) is 16.7 Å². The van der Waals surface area contributed by atoms with Crippen molar-refractivity contribution >= 4 is 41.5 Å². The summed E-state index contributed by atoms with van der Waals surface area (Å²) in [6, 6.07) is 3.16. The van der Waals surface area contributed by atoms with Crippen LogP contribution in [0.25, 0.3) is 11.0 Å². The van der Waals surface area contributed by atoms with Crippen molar-refractivity contribution < 1.29 is 5.11 Å². The van der Waals surface area contributed by atoms with E-state index in [4.69, 9.17) is 5.73 Å². The van der Waals surface area contributed by atoms with E-state index >= 15 is 0 Å². The highest BCUT2D eigenvalue weighted by molar-refractivity contribution is 5.90. The number of aromatic amines is 1. The van der Waals surface area contributed by atoms with Gasteiger partial charge in [-0.2, -0.15) is 0 Å². The van der Waals surface area contributed by atoms with Crippen LogP contribution in [0.2, 0.25) is 0 Å². The third-order valence-electron chi connectivity index (χ3n) is 1.59. The van der Waals surface area contributed by atoms with Gasteiger partial charge in [-0.25, -0.2) is 4.98 Å². The molecule has 0 radical (unpaired) electrons. The Morgan fingerprint density at radius 1 is 1.31 bits per heavy atom. The molecule has 72 valence electrons. The van der Waals surface area contributed by atoms with Gasteiger partial charge in [-0.05, 0) is 12.1 Å². The summed E-state index contributed by atoms with van der Waals surface area (Å²) in [5.74, 6) is 0.173. The van der Waals surface area contributed by atoms with Gasteiger partial charge >= 0.3 is 0 Å². The van der Waals surface area contributed by atoms with Crippen LogP contribution >= 0.6 is 24.8 Å². The highest BCUT2D eigenvalue weighted by atomic mass is 35.5. The molecule has 0 amide bonds. The molecule has 2 aromatic rings. The Bertz CT molecular complexity index is 366. The average Bonchev–Trinajstić information content (AvgIpc) is 2.45. The molecule has 6 heteroatoms. The summed E-state index contributed by atoms with van der Waals surface area (Å²) in [7, 11) is 0. The molecule has 0 fully saturated rings. The first kappa shape index (κ1) is 11.9. The number of nitrogens with one attached hydrogen (secondary N) is 1. The summed E-state index contributed by atoms with van der Waals surface area (Å²) in [6.45, 7) is 0. The molecule has 2 rings (SSSR count). The van der Waals surface area contributed by atoms with Crippen molar-refractivity contribution in [1.82, 2.24) is 9.97 Å². The molecule has 0 atom stereocenters. The van der Waals surface area contributed by atoms with Crippen LogP contribution in [-0.2, 0) is 0 Å². The Kier molecular flexibility index (Phi) is 3.84. The summed E-state index contributed by atoms with van der Waals surface area (Å²) in [5, 5.41) is 9.26. The molecule has 0 bridgehead atoms. The van der Waals surface area contributed by atoms with Crippen LogP contribution in [-0.4, -0.2) is 15.1 Å². The molecule has 0 saturated heterocycles. The lowest BCUT2D eigenvalue weighted by molar-refractivity contribution is 0.480. The quantitative estimate of drug-likeness (QED) is 0.469. The van der Waals surface area contributed by atoms with Gasteiger partial charge in [0, 0.05) is 0 Å². The summed E-state index contributed by atoms with van der Waals surface area (Å²) < 4.78 is 0. The fourth-order valence-electron chi connectivity index (χ4n) is 1.04. The number of fused-ring (bicyclic) bond motifs is 1. The van der Waals surface area contributed by atoms with Gasteiger partial charge in [0.25, 0.3) is 0 Å². The van der Waals surface area contributed by atoms with E-state index in [0.717, 1.165) is 0 Å². The van der Waals surface area contributed by atoms with Crippen LogP contribution in [0.5, 0.6) is 5.75 Å². The van der Waals surface area contributed by atoms with Crippen LogP contribution in [0.15, 0.2) is 18.5 Å². The van der Waals surface area contributed by atoms with E-state index in [9.17, 15) is 5.11 Å². The molecule has 0 aliphatic rings. The van der Waals surface area contributed by atoms with Crippen molar-refractivity contribution in [3.63, 3.8) is 0 Å². The Morgan fingerprint density at radius 2 is 2.00 bits per heavy atom. The molecular weight excluding hydrogens is 213 g/mol. The second-order valence-electron chi connectivity index (χ2n) is 2.30. The normalized spacial score (nSPS) is 8.92. The standard InChI is InChI=1S/C7H7N3O.2ClH/c8-4-1-2-5(11)7-6(4)9-3-10-7;;/h1-3,11H,8H2,(H,9,10);2*1H. The van der Waals surface area contributed by atoms with Gasteiger partial charge in [0.15, 0.2) is 0 Å². The first-order chi connectivity index (χ1) is 5.29. The molecule has 0 unspecified atom stereocenters. The maximum Gasteiger partial charge on any atom is 0.141 e. The predicted octanol–water partition coefficient (Wildman–Crippen LogP) is 1.69. The number of anilines is 1. The predicted molar refractivity (Wildman–Crippen MR) is 56.7 cm³/mol. The highest BCUT2D eigenvalue weighted by Crippen LogP contribution is 2.25. The van der Waals surface area contributed by atoms with Crippen LogP contribution in [0.3, 0.4) is 0 Å². The first-order valence-corrected chi connectivity index (χ1v) is 3.19. The number of rotatable bonds is 0. The molecule has 0 aliphatic carbocycles. The third-order valence-corrected chi connectivity index (χ3v) is 1.59. The molecule has 4 nitrogen and oxygen atoms in total. The fourth-order valence-corrected chi connectivity index (χ4v) is 1.04. The molecule has 1 aromatic carbocycles. The van der Waals surface area contributed by atoms with Gasteiger partial charge in [0.05, 0.1) is 12.0 Å². The topological polar surface area (TPSA) is 74.9 Å². The third kappa shape index (κ3) is 1.79. The van der Waals surface area contributed by atoms with E-state index < -0.39 is 0 Å². The number of imidazole rings is 1. The van der Waals surface area contributed by atoms with Crippen molar-refractivity contribution in [2.75, 3.05) is 5.73 Å². The lowest BCUT2D eigenvalue weighted by atomic mass is 10.2. The number of H-pyrrole nitrogens is 1. The molecule has 0 spiro atoms. The number of phenols is 1. The van der Waals surface area contributed by atoms with Crippen LogP contribution in [0.4, 0.5) is 5.69 Å². The number of halogens is 2. The fraction of sp³-hybridized carbons (Fsp3) is 0. The number of hydrogen-bond donors (Lipinski definition) is 3. The number of phenolic OH excluding ortho intramolecular Hbond substituents is 1. The van der Waals surface area contributed by atoms with Crippen molar-refractivity contribution in [3.8, 4) is 5.75 Å². The zero-order valence-electron chi connectivity index (χ0n) is 6.52. The number of aromatic hydroxyl groups is 1. The van der Waals surface area contributed by atoms with Crippen LogP contribution in [0.1, 0.15) is 0 Å². The molecule has 4 N–H and O–H groups in total. The Hall–Kier alpha value is -1.13. The van der Waals surface area contributed by atoms with E-state index in [1.165, 1.54) is 12.4 Å². The van der Waals surface area contributed by atoms with Crippen molar-refractivity contribution in [2.24, 2.45) is 0 Å². The van der Waals surface area contributed by atoms with Gasteiger partial charge in [-0.15, -0.1) is 24.8 Å². The second-order valence-corrected chi connectivity index (χ2v) is 2.30.